The second-order valence-corrected chi connectivity index (χ2v) is 7.16. The summed E-state index contributed by atoms with van der Waals surface area (Å²) in [6.45, 7) is 6.31. The Hall–Kier alpha value is -1.06. The highest BCUT2D eigenvalue weighted by Gasteiger charge is 2.11. The number of rotatable bonds is 5. The molecule has 0 atom stereocenters. The van der Waals surface area contributed by atoms with Gasteiger partial charge in [-0.05, 0) is 41.7 Å². The van der Waals surface area contributed by atoms with E-state index in [0.717, 1.165) is 21.3 Å². The van der Waals surface area contributed by atoms with E-state index in [1.54, 1.807) is 23.5 Å². The highest BCUT2D eigenvalue weighted by molar-refractivity contribution is 8.00. The smallest absolute Gasteiger partial charge is 0.142 e. The Morgan fingerprint density at radius 3 is 1.80 bits per heavy atom. The monoisotopic (exact) mass is 304 g/mol. The quantitative estimate of drug-likeness (QED) is 0.727. The van der Waals surface area contributed by atoms with Gasteiger partial charge >= 0.3 is 0 Å². The van der Waals surface area contributed by atoms with E-state index in [-0.39, 0.29) is 0 Å². The van der Waals surface area contributed by atoms with Crippen molar-refractivity contribution in [3.63, 3.8) is 0 Å². The maximum Gasteiger partial charge on any atom is 0.142 e. The summed E-state index contributed by atoms with van der Waals surface area (Å²) in [4.78, 5) is 1.95. The van der Waals surface area contributed by atoms with Gasteiger partial charge in [0.2, 0.25) is 0 Å². The van der Waals surface area contributed by atoms with Gasteiger partial charge in [0.15, 0.2) is 0 Å². The lowest BCUT2D eigenvalue weighted by Gasteiger charge is -2.12. The molecule has 0 amide bonds. The third kappa shape index (κ3) is 3.53. The third-order valence-electron chi connectivity index (χ3n) is 3.02. The van der Waals surface area contributed by atoms with Gasteiger partial charge in [0.25, 0.3) is 0 Å². The van der Waals surface area contributed by atoms with Crippen molar-refractivity contribution < 1.29 is 5.11 Å². The standard InChI is InChI=1S/C17H20OS2/c1-4-19-15-10-14(11-16(17(15)18)20-5-2)13-8-6-12(3)7-9-13/h6-11,18H,4-5H2,1-3H3. The molecule has 2 aromatic carbocycles. The van der Waals surface area contributed by atoms with Gasteiger partial charge in [0, 0.05) is 0 Å². The molecular formula is C17H20OS2. The lowest BCUT2D eigenvalue weighted by molar-refractivity contribution is 0.449. The maximum atomic E-state index is 10.3. The van der Waals surface area contributed by atoms with Gasteiger partial charge in [0.1, 0.15) is 5.75 Å². The van der Waals surface area contributed by atoms with Crippen molar-refractivity contribution >= 4 is 23.5 Å². The molecule has 20 heavy (non-hydrogen) atoms. The van der Waals surface area contributed by atoms with Gasteiger partial charge in [-0.1, -0.05) is 43.7 Å². The van der Waals surface area contributed by atoms with Crippen LogP contribution in [0.25, 0.3) is 11.1 Å². The SMILES string of the molecule is CCSc1cc(-c2ccc(C)cc2)cc(SCC)c1O. The molecule has 0 radical (unpaired) electrons. The van der Waals surface area contributed by atoms with Crippen LogP contribution in [-0.2, 0) is 0 Å². The first kappa shape index (κ1) is 15.3. The Morgan fingerprint density at radius 2 is 1.35 bits per heavy atom. The van der Waals surface area contributed by atoms with Gasteiger partial charge in [-0.3, -0.25) is 0 Å². The normalized spacial score (nSPS) is 10.8. The highest BCUT2D eigenvalue weighted by atomic mass is 32.2. The first-order valence-corrected chi connectivity index (χ1v) is 8.82. The first-order valence-electron chi connectivity index (χ1n) is 6.85. The van der Waals surface area contributed by atoms with Gasteiger partial charge < -0.3 is 5.11 Å². The minimum Gasteiger partial charge on any atom is -0.506 e. The van der Waals surface area contributed by atoms with E-state index in [2.05, 4.69) is 57.2 Å². The number of aryl methyl sites for hydroxylation is 1. The van der Waals surface area contributed by atoms with Crippen molar-refractivity contribution in [2.75, 3.05) is 11.5 Å². The van der Waals surface area contributed by atoms with Crippen molar-refractivity contribution in [2.24, 2.45) is 0 Å². The third-order valence-corrected chi connectivity index (χ3v) is 4.85. The number of thioether (sulfide) groups is 2. The molecule has 2 rings (SSSR count). The molecule has 1 nitrogen and oxygen atoms in total. The molecule has 0 aliphatic heterocycles. The molecule has 0 fully saturated rings. The second kappa shape index (κ2) is 7.09. The molecule has 3 heteroatoms. The summed E-state index contributed by atoms with van der Waals surface area (Å²) in [5.41, 5.74) is 3.64. The molecule has 2 aromatic rings. The Bertz CT molecular complexity index is 549. The lowest BCUT2D eigenvalue weighted by Crippen LogP contribution is -1.86. The number of phenols is 1. The molecule has 0 aliphatic rings. The van der Waals surface area contributed by atoms with Crippen molar-refractivity contribution in [1.29, 1.82) is 0 Å². The van der Waals surface area contributed by atoms with Crippen LogP contribution < -0.4 is 0 Å². The summed E-state index contributed by atoms with van der Waals surface area (Å²) >= 11 is 3.38. The molecule has 0 spiro atoms. The molecule has 0 unspecified atom stereocenters. The molecule has 0 bridgehead atoms. The van der Waals surface area contributed by atoms with Gasteiger partial charge in [-0.15, -0.1) is 23.5 Å². The average molecular weight is 304 g/mol. The molecule has 0 aliphatic carbocycles. The Morgan fingerprint density at radius 1 is 0.850 bits per heavy atom. The van der Waals surface area contributed by atoms with E-state index in [4.69, 9.17) is 0 Å². The zero-order chi connectivity index (χ0) is 14.5. The van der Waals surface area contributed by atoms with Crippen LogP contribution in [0.5, 0.6) is 5.75 Å². The second-order valence-electron chi connectivity index (χ2n) is 4.55. The van der Waals surface area contributed by atoms with Crippen LogP contribution in [0.3, 0.4) is 0 Å². The molecule has 0 aromatic heterocycles. The Kier molecular flexibility index (Phi) is 5.44. The number of hydrogen-bond acceptors (Lipinski definition) is 3. The number of phenolic OH excluding ortho intramolecular Hbond substituents is 1. The average Bonchev–Trinajstić information content (AvgIpc) is 2.44. The minimum atomic E-state index is 0.430. The highest BCUT2D eigenvalue weighted by Crippen LogP contribution is 2.40. The molecule has 1 N–H and O–H groups in total. The molecule has 0 heterocycles. The van der Waals surface area contributed by atoms with Gasteiger partial charge in [-0.2, -0.15) is 0 Å². The fourth-order valence-corrected chi connectivity index (χ4v) is 3.63. The number of benzene rings is 2. The molecule has 106 valence electrons. The molecular weight excluding hydrogens is 284 g/mol. The fraction of sp³-hybridized carbons (Fsp3) is 0.294. The summed E-state index contributed by atoms with van der Waals surface area (Å²) < 4.78 is 0. The van der Waals surface area contributed by atoms with Crippen LogP contribution in [0.2, 0.25) is 0 Å². The van der Waals surface area contributed by atoms with E-state index < -0.39 is 0 Å². The van der Waals surface area contributed by atoms with Crippen molar-refractivity contribution in [3.05, 3.63) is 42.0 Å². The van der Waals surface area contributed by atoms with Crippen molar-refractivity contribution in [1.82, 2.24) is 0 Å². The van der Waals surface area contributed by atoms with Crippen LogP contribution in [0.15, 0.2) is 46.2 Å². The van der Waals surface area contributed by atoms with Crippen LogP contribution in [0.1, 0.15) is 19.4 Å². The first-order chi connectivity index (χ1) is 9.65. The Labute approximate surface area is 129 Å². The zero-order valence-corrected chi connectivity index (χ0v) is 13.8. The summed E-state index contributed by atoms with van der Waals surface area (Å²) in [6, 6.07) is 12.7. The predicted octanol–water partition coefficient (Wildman–Crippen LogP) is 5.59. The van der Waals surface area contributed by atoms with Crippen LogP contribution >= 0.6 is 23.5 Å². The predicted molar refractivity (Wildman–Crippen MR) is 91.1 cm³/mol. The maximum absolute atomic E-state index is 10.3. The van der Waals surface area contributed by atoms with E-state index >= 15 is 0 Å². The van der Waals surface area contributed by atoms with Crippen molar-refractivity contribution in [2.45, 2.75) is 30.6 Å². The Balaban J connectivity index is 2.49. The van der Waals surface area contributed by atoms with E-state index in [1.165, 1.54) is 16.7 Å². The van der Waals surface area contributed by atoms with Gasteiger partial charge in [-0.25, -0.2) is 0 Å². The topological polar surface area (TPSA) is 20.2 Å². The van der Waals surface area contributed by atoms with Crippen LogP contribution in [-0.4, -0.2) is 16.6 Å². The summed E-state index contributed by atoms with van der Waals surface area (Å²) in [5.74, 6) is 2.35. The van der Waals surface area contributed by atoms with Crippen LogP contribution in [0.4, 0.5) is 0 Å². The van der Waals surface area contributed by atoms with Gasteiger partial charge in [0.05, 0.1) is 9.79 Å². The van der Waals surface area contributed by atoms with E-state index in [0.29, 0.717) is 5.75 Å². The lowest BCUT2D eigenvalue weighted by atomic mass is 10.0. The summed E-state index contributed by atoms with van der Waals surface area (Å²) in [7, 11) is 0. The number of hydrogen-bond donors (Lipinski definition) is 1. The number of aromatic hydroxyl groups is 1. The van der Waals surface area contributed by atoms with Crippen molar-refractivity contribution in [3.8, 4) is 16.9 Å². The minimum absolute atomic E-state index is 0.430. The van der Waals surface area contributed by atoms with E-state index in [9.17, 15) is 5.11 Å². The fourth-order valence-electron chi connectivity index (χ4n) is 2.03. The van der Waals surface area contributed by atoms with E-state index in [1.807, 2.05) is 0 Å². The molecule has 0 saturated carbocycles. The zero-order valence-electron chi connectivity index (χ0n) is 12.1. The largest absolute Gasteiger partial charge is 0.506 e. The van der Waals surface area contributed by atoms with Crippen LogP contribution in [0, 0.1) is 6.92 Å². The molecule has 0 saturated heterocycles. The summed E-state index contributed by atoms with van der Waals surface area (Å²) in [5, 5.41) is 10.3. The summed E-state index contributed by atoms with van der Waals surface area (Å²) in [6.07, 6.45) is 0.